The first-order chi connectivity index (χ1) is 10.9. The SMILES string of the molecule is c1ccc2c(c1)N[C@]1(CCSc3ccccc31)n1nccc1-2. The molecule has 1 N–H and O–H groups in total. The molecule has 0 aliphatic carbocycles. The number of nitrogens with zero attached hydrogens (tertiary/aromatic N) is 2. The number of benzene rings is 2. The molecule has 2 aliphatic heterocycles. The third-order valence-corrected chi connectivity index (χ3v) is 5.68. The summed E-state index contributed by atoms with van der Waals surface area (Å²) in [4.78, 5) is 1.35. The number of anilines is 1. The number of aromatic nitrogens is 2. The minimum atomic E-state index is -0.269. The van der Waals surface area contributed by atoms with Crippen molar-refractivity contribution in [2.45, 2.75) is 17.0 Å². The van der Waals surface area contributed by atoms with Gasteiger partial charge in [-0.05, 0) is 18.2 Å². The predicted octanol–water partition coefficient (Wildman–Crippen LogP) is 4.17. The fourth-order valence-corrected chi connectivity index (χ4v) is 4.81. The molecule has 3 aromatic rings. The van der Waals surface area contributed by atoms with Gasteiger partial charge in [0.05, 0.1) is 5.69 Å². The fourth-order valence-electron chi connectivity index (χ4n) is 3.63. The standard InChI is InChI=1S/C18H15N3S/c1-3-7-15-13(5-1)16-9-11-19-21(16)18(20-15)10-12-22-17-8-4-2-6-14(17)18/h1-9,11,20H,10,12H2/t18-/m1/s1. The van der Waals surface area contributed by atoms with Crippen LogP contribution in [0.15, 0.2) is 65.7 Å². The maximum atomic E-state index is 4.68. The second-order valence-corrected chi connectivity index (χ2v) is 6.89. The first-order valence-corrected chi connectivity index (χ1v) is 8.51. The highest BCUT2D eigenvalue weighted by atomic mass is 32.2. The van der Waals surface area contributed by atoms with Crippen molar-refractivity contribution in [3.05, 3.63) is 66.4 Å². The number of para-hydroxylation sites is 1. The zero-order valence-corrected chi connectivity index (χ0v) is 12.8. The van der Waals surface area contributed by atoms with E-state index >= 15 is 0 Å². The van der Waals surface area contributed by atoms with E-state index in [0.29, 0.717) is 0 Å². The third-order valence-electron chi connectivity index (χ3n) is 4.60. The highest BCUT2D eigenvalue weighted by Gasteiger charge is 2.43. The third kappa shape index (κ3) is 1.50. The van der Waals surface area contributed by atoms with Crippen LogP contribution in [0.5, 0.6) is 0 Å². The van der Waals surface area contributed by atoms with E-state index in [2.05, 4.69) is 69.7 Å². The summed E-state index contributed by atoms with van der Waals surface area (Å²) < 4.78 is 2.17. The number of thioether (sulfide) groups is 1. The number of rotatable bonds is 0. The van der Waals surface area contributed by atoms with Gasteiger partial charge in [-0.25, -0.2) is 4.68 Å². The molecule has 4 heteroatoms. The molecule has 0 bridgehead atoms. The molecule has 0 saturated carbocycles. The van der Waals surface area contributed by atoms with Crippen molar-refractivity contribution < 1.29 is 0 Å². The van der Waals surface area contributed by atoms with Crippen LogP contribution in [0.25, 0.3) is 11.3 Å². The fraction of sp³-hybridized carbons (Fsp3) is 0.167. The van der Waals surface area contributed by atoms with Crippen molar-refractivity contribution in [1.82, 2.24) is 9.78 Å². The largest absolute Gasteiger partial charge is 0.357 e. The van der Waals surface area contributed by atoms with Crippen LogP contribution in [0.2, 0.25) is 0 Å². The molecule has 0 radical (unpaired) electrons. The Bertz CT molecular complexity index is 870. The molecule has 22 heavy (non-hydrogen) atoms. The van der Waals surface area contributed by atoms with E-state index in [4.69, 9.17) is 0 Å². The molecule has 108 valence electrons. The van der Waals surface area contributed by atoms with Crippen LogP contribution in [0.3, 0.4) is 0 Å². The van der Waals surface area contributed by atoms with E-state index in [1.165, 1.54) is 27.4 Å². The molecule has 0 saturated heterocycles. The second kappa shape index (κ2) is 4.40. The van der Waals surface area contributed by atoms with Gasteiger partial charge in [0.1, 0.15) is 0 Å². The molecular weight excluding hydrogens is 290 g/mol. The molecule has 0 amide bonds. The lowest BCUT2D eigenvalue weighted by molar-refractivity contribution is 0.347. The summed E-state index contributed by atoms with van der Waals surface area (Å²) in [5.74, 6) is 1.09. The van der Waals surface area contributed by atoms with E-state index in [-0.39, 0.29) is 5.66 Å². The summed E-state index contributed by atoms with van der Waals surface area (Å²) in [7, 11) is 0. The molecule has 2 aliphatic rings. The van der Waals surface area contributed by atoms with Crippen LogP contribution >= 0.6 is 11.8 Å². The summed E-state index contributed by atoms with van der Waals surface area (Å²) in [6.07, 6.45) is 2.93. The summed E-state index contributed by atoms with van der Waals surface area (Å²) in [5, 5.41) is 8.47. The summed E-state index contributed by atoms with van der Waals surface area (Å²) >= 11 is 1.93. The Hall–Kier alpha value is -2.20. The van der Waals surface area contributed by atoms with Crippen molar-refractivity contribution >= 4 is 17.4 Å². The van der Waals surface area contributed by atoms with Gasteiger partial charge >= 0.3 is 0 Å². The van der Waals surface area contributed by atoms with Crippen LogP contribution in [-0.2, 0) is 5.66 Å². The van der Waals surface area contributed by atoms with Gasteiger partial charge in [-0.3, -0.25) is 0 Å². The van der Waals surface area contributed by atoms with Crippen LogP contribution in [-0.4, -0.2) is 15.5 Å². The second-order valence-electron chi connectivity index (χ2n) is 5.75. The average molecular weight is 305 g/mol. The van der Waals surface area contributed by atoms with Crippen molar-refractivity contribution in [1.29, 1.82) is 0 Å². The topological polar surface area (TPSA) is 29.9 Å². The molecular formula is C18H15N3S. The van der Waals surface area contributed by atoms with Gasteiger partial charge < -0.3 is 5.32 Å². The Kier molecular flexibility index (Phi) is 2.47. The summed E-state index contributed by atoms with van der Waals surface area (Å²) in [6, 6.07) is 19.3. The molecule has 3 nitrogen and oxygen atoms in total. The van der Waals surface area contributed by atoms with Gasteiger partial charge in [0.25, 0.3) is 0 Å². The molecule has 3 heterocycles. The number of hydrogen-bond acceptors (Lipinski definition) is 3. The Morgan fingerprint density at radius 2 is 1.91 bits per heavy atom. The highest BCUT2D eigenvalue weighted by Crippen LogP contribution is 2.48. The first kappa shape index (κ1) is 12.4. The smallest absolute Gasteiger partial charge is 0.160 e. The monoisotopic (exact) mass is 305 g/mol. The Balaban J connectivity index is 1.82. The van der Waals surface area contributed by atoms with Crippen LogP contribution in [0, 0.1) is 0 Å². The van der Waals surface area contributed by atoms with Crippen molar-refractivity contribution in [3.8, 4) is 11.3 Å². The lowest BCUT2D eigenvalue weighted by atomic mass is 9.91. The summed E-state index contributed by atoms with van der Waals surface area (Å²) in [6.45, 7) is 0. The molecule has 1 atom stereocenters. The van der Waals surface area contributed by atoms with Gasteiger partial charge in [0.15, 0.2) is 5.66 Å². The lowest BCUT2D eigenvalue weighted by Gasteiger charge is -2.44. The number of fused-ring (bicyclic) bond motifs is 6. The van der Waals surface area contributed by atoms with Gasteiger partial charge in [0.2, 0.25) is 0 Å². The quantitative estimate of drug-likeness (QED) is 0.676. The zero-order chi connectivity index (χ0) is 14.6. The maximum absolute atomic E-state index is 4.68. The minimum Gasteiger partial charge on any atom is -0.357 e. The Morgan fingerprint density at radius 1 is 1.05 bits per heavy atom. The van der Waals surface area contributed by atoms with E-state index < -0.39 is 0 Å². The minimum absolute atomic E-state index is 0.269. The zero-order valence-electron chi connectivity index (χ0n) is 12.0. The molecule has 0 unspecified atom stereocenters. The average Bonchev–Trinajstić information content (AvgIpc) is 3.06. The first-order valence-electron chi connectivity index (χ1n) is 7.53. The van der Waals surface area contributed by atoms with E-state index in [9.17, 15) is 0 Å². The summed E-state index contributed by atoms with van der Waals surface area (Å²) in [5.41, 5.74) is 4.66. The normalized spacial score (nSPS) is 21.6. The molecule has 5 rings (SSSR count). The molecule has 1 aromatic heterocycles. The lowest BCUT2D eigenvalue weighted by Crippen LogP contribution is -2.48. The Labute approximate surface area is 133 Å². The van der Waals surface area contributed by atoms with Crippen LogP contribution in [0.4, 0.5) is 5.69 Å². The van der Waals surface area contributed by atoms with E-state index in [1.807, 2.05) is 18.0 Å². The van der Waals surface area contributed by atoms with Crippen molar-refractivity contribution in [2.75, 3.05) is 11.1 Å². The van der Waals surface area contributed by atoms with E-state index in [0.717, 1.165) is 12.2 Å². The van der Waals surface area contributed by atoms with Gasteiger partial charge in [-0.2, -0.15) is 5.10 Å². The van der Waals surface area contributed by atoms with E-state index in [1.54, 1.807) is 0 Å². The molecule has 2 aromatic carbocycles. The molecule has 1 spiro atoms. The van der Waals surface area contributed by atoms with Crippen molar-refractivity contribution in [2.24, 2.45) is 0 Å². The van der Waals surface area contributed by atoms with Gasteiger partial charge in [0, 0.05) is 40.1 Å². The number of hydrogen-bond donors (Lipinski definition) is 1. The maximum Gasteiger partial charge on any atom is 0.160 e. The van der Waals surface area contributed by atoms with Crippen LogP contribution in [0.1, 0.15) is 12.0 Å². The van der Waals surface area contributed by atoms with Gasteiger partial charge in [-0.1, -0.05) is 36.4 Å². The number of nitrogens with one attached hydrogen (secondary N) is 1. The van der Waals surface area contributed by atoms with Crippen molar-refractivity contribution in [3.63, 3.8) is 0 Å². The molecule has 0 fully saturated rings. The predicted molar refractivity (Wildman–Crippen MR) is 90.1 cm³/mol. The Morgan fingerprint density at radius 3 is 2.91 bits per heavy atom. The highest BCUT2D eigenvalue weighted by molar-refractivity contribution is 7.99. The van der Waals surface area contributed by atoms with Gasteiger partial charge in [-0.15, -0.1) is 11.8 Å². The van der Waals surface area contributed by atoms with Crippen LogP contribution < -0.4 is 5.32 Å².